The molecule has 1 aromatic rings. The molecule has 0 aliphatic carbocycles. The molecule has 0 fully saturated rings. The maximum Gasteiger partial charge on any atom is 0.341 e. The first-order valence-corrected chi connectivity index (χ1v) is 3.52. The number of carbonyl (C=O) groups is 1. The van der Waals surface area contributed by atoms with Gasteiger partial charge < -0.3 is 9.84 Å². The largest absolute Gasteiger partial charge is 0.467 e. The highest BCUT2D eigenvalue weighted by molar-refractivity contribution is 5.75. The van der Waals surface area contributed by atoms with E-state index in [0.29, 0.717) is 0 Å². The van der Waals surface area contributed by atoms with Crippen LogP contribution in [0.2, 0.25) is 0 Å². The summed E-state index contributed by atoms with van der Waals surface area (Å²) in [5.74, 6) is -1.35. The lowest BCUT2D eigenvalue weighted by molar-refractivity contribution is -0.150. The monoisotopic (exact) mass is 185 g/mol. The number of rotatable bonds is 2. The second-order valence-corrected chi connectivity index (χ2v) is 2.33. The summed E-state index contributed by atoms with van der Waals surface area (Å²) in [5.41, 5.74) is 0.0632. The molecule has 0 saturated heterocycles. The quantitative estimate of drug-likeness (QED) is 0.678. The molecule has 1 atom stereocenters. The van der Waals surface area contributed by atoms with Crippen LogP contribution >= 0.6 is 0 Å². The van der Waals surface area contributed by atoms with Gasteiger partial charge in [-0.25, -0.2) is 9.18 Å². The van der Waals surface area contributed by atoms with Crippen LogP contribution in [-0.2, 0) is 9.53 Å². The molecule has 0 aromatic carbocycles. The number of aliphatic hydroxyl groups excluding tert-OH is 1. The molecule has 70 valence electrons. The average Bonchev–Trinajstić information content (AvgIpc) is 2.17. The van der Waals surface area contributed by atoms with E-state index in [-0.39, 0.29) is 5.69 Å². The summed E-state index contributed by atoms with van der Waals surface area (Å²) in [5, 5.41) is 9.22. The second-order valence-electron chi connectivity index (χ2n) is 2.33. The highest BCUT2D eigenvalue weighted by Gasteiger charge is 2.18. The van der Waals surface area contributed by atoms with E-state index >= 15 is 0 Å². The van der Waals surface area contributed by atoms with Crippen molar-refractivity contribution in [2.24, 2.45) is 0 Å². The van der Waals surface area contributed by atoms with Gasteiger partial charge in [-0.05, 0) is 12.1 Å². The molecule has 13 heavy (non-hydrogen) atoms. The van der Waals surface area contributed by atoms with Crippen molar-refractivity contribution in [2.45, 2.75) is 6.10 Å². The van der Waals surface area contributed by atoms with Crippen LogP contribution < -0.4 is 0 Å². The third-order valence-electron chi connectivity index (χ3n) is 1.45. The zero-order valence-corrected chi connectivity index (χ0v) is 6.90. The van der Waals surface area contributed by atoms with Crippen molar-refractivity contribution < 1.29 is 19.0 Å². The van der Waals surface area contributed by atoms with Gasteiger partial charge in [0.2, 0.25) is 0 Å². The zero-order valence-electron chi connectivity index (χ0n) is 6.90. The Balaban J connectivity index is 2.83. The van der Waals surface area contributed by atoms with Crippen LogP contribution in [0.15, 0.2) is 18.3 Å². The molecule has 1 heterocycles. The van der Waals surface area contributed by atoms with Gasteiger partial charge in [0.15, 0.2) is 6.10 Å². The Morgan fingerprint density at radius 3 is 2.85 bits per heavy atom. The topological polar surface area (TPSA) is 59.4 Å². The molecule has 0 spiro atoms. The smallest absolute Gasteiger partial charge is 0.341 e. The number of aliphatic hydroxyl groups is 1. The van der Waals surface area contributed by atoms with Crippen LogP contribution in [0, 0.1) is 5.82 Å². The minimum atomic E-state index is -1.45. The molecule has 0 radical (unpaired) electrons. The minimum absolute atomic E-state index is 0.0632. The molecule has 1 N–H and O–H groups in total. The lowest BCUT2D eigenvalue weighted by Crippen LogP contribution is -2.14. The molecule has 0 aliphatic heterocycles. The van der Waals surface area contributed by atoms with E-state index < -0.39 is 17.9 Å². The fraction of sp³-hybridized carbons (Fsp3) is 0.250. The van der Waals surface area contributed by atoms with E-state index in [1.807, 2.05) is 0 Å². The first kappa shape index (κ1) is 9.60. The van der Waals surface area contributed by atoms with Crippen LogP contribution in [0.1, 0.15) is 11.8 Å². The number of ether oxygens (including phenoxy) is 1. The van der Waals surface area contributed by atoms with Crippen molar-refractivity contribution in [3.05, 3.63) is 29.8 Å². The van der Waals surface area contributed by atoms with Crippen molar-refractivity contribution in [3.63, 3.8) is 0 Å². The number of pyridine rings is 1. The molecular formula is C8H8FNO3. The Bertz CT molecular complexity index is 299. The van der Waals surface area contributed by atoms with Gasteiger partial charge in [-0.3, -0.25) is 4.98 Å². The maximum atomic E-state index is 12.4. The number of esters is 1. The maximum absolute atomic E-state index is 12.4. The second kappa shape index (κ2) is 3.95. The van der Waals surface area contributed by atoms with E-state index in [0.717, 1.165) is 19.4 Å². The third-order valence-corrected chi connectivity index (χ3v) is 1.45. The van der Waals surface area contributed by atoms with E-state index in [1.165, 1.54) is 6.07 Å². The van der Waals surface area contributed by atoms with Crippen LogP contribution in [0.3, 0.4) is 0 Å². The molecule has 1 rings (SSSR count). The lowest BCUT2D eigenvalue weighted by atomic mass is 10.2. The number of nitrogens with zero attached hydrogens (tertiary/aromatic N) is 1. The van der Waals surface area contributed by atoms with Gasteiger partial charge in [0.05, 0.1) is 19.0 Å². The Kier molecular flexibility index (Phi) is 2.92. The summed E-state index contributed by atoms with van der Waals surface area (Å²) >= 11 is 0. The van der Waals surface area contributed by atoms with E-state index in [2.05, 4.69) is 9.72 Å². The first-order valence-electron chi connectivity index (χ1n) is 3.52. The summed E-state index contributed by atoms with van der Waals surface area (Å²) in [4.78, 5) is 14.3. The molecule has 4 nitrogen and oxygen atoms in total. The normalized spacial score (nSPS) is 12.2. The number of methoxy groups -OCH3 is 1. The fourth-order valence-electron chi connectivity index (χ4n) is 0.781. The van der Waals surface area contributed by atoms with Gasteiger partial charge in [-0.2, -0.15) is 0 Å². The molecule has 1 aromatic heterocycles. The lowest BCUT2D eigenvalue weighted by Gasteiger charge is -2.06. The Hall–Kier alpha value is -1.49. The van der Waals surface area contributed by atoms with Crippen LogP contribution in [-0.4, -0.2) is 23.2 Å². The van der Waals surface area contributed by atoms with Gasteiger partial charge in [-0.1, -0.05) is 0 Å². The molecule has 1 unspecified atom stereocenters. The Morgan fingerprint density at radius 1 is 1.69 bits per heavy atom. The molecule has 0 bridgehead atoms. The summed E-state index contributed by atoms with van der Waals surface area (Å²) in [7, 11) is 1.15. The van der Waals surface area contributed by atoms with Crippen molar-refractivity contribution in [3.8, 4) is 0 Å². The zero-order chi connectivity index (χ0) is 9.84. The van der Waals surface area contributed by atoms with Crippen LogP contribution in [0.4, 0.5) is 4.39 Å². The number of hydrogen-bond acceptors (Lipinski definition) is 4. The highest BCUT2D eigenvalue weighted by atomic mass is 19.1. The molecule has 0 aliphatic rings. The van der Waals surface area contributed by atoms with Crippen molar-refractivity contribution >= 4 is 5.97 Å². The molecular weight excluding hydrogens is 177 g/mol. The predicted octanol–water partition coefficient (Wildman–Crippen LogP) is 0.427. The highest BCUT2D eigenvalue weighted by Crippen LogP contribution is 2.10. The van der Waals surface area contributed by atoms with Gasteiger partial charge in [0.1, 0.15) is 5.82 Å². The molecule has 0 saturated carbocycles. The van der Waals surface area contributed by atoms with Gasteiger partial charge in [-0.15, -0.1) is 0 Å². The van der Waals surface area contributed by atoms with Gasteiger partial charge in [0.25, 0.3) is 0 Å². The summed E-state index contributed by atoms with van der Waals surface area (Å²) in [6.45, 7) is 0. The number of carbonyl (C=O) groups excluding carboxylic acids is 1. The first-order chi connectivity index (χ1) is 6.15. The summed E-state index contributed by atoms with van der Waals surface area (Å²) in [6.07, 6.45) is -0.535. The Morgan fingerprint density at radius 2 is 2.38 bits per heavy atom. The standard InChI is InChI=1S/C8H8FNO3/c1-13-8(12)7(11)6-3-2-5(9)4-10-6/h2-4,7,11H,1H3. The summed E-state index contributed by atoms with van der Waals surface area (Å²) in [6, 6.07) is 2.32. The van der Waals surface area contributed by atoms with Crippen molar-refractivity contribution in [1.82, 2.24) is 4.98 Å². The number of hydrogen-bond donors (Lipinski definition) is 1. The van der Waals surface area contributed by atoms with E-state index in [4.69, 9.17) is 0 Å². The van der Waals surface area contributed by atoms with E-state index in [9.17, 15) is 14.3 Å². The van der Waals surface area contributed by atoms with Crippen molar-refractivity contribution in [1.29, 1.82) is 0 Å². The molecule has 0 amide bonds. The minimum Gasteiger partial charge on any atom is -0.467 e. The third kappa shape index (κ3) is 2.22. The SMILES string of the molecule is COC(=O)C(O)c1ccc(F)cn1. The van der Waals surface area contributed by atoms with Gasteiger partial charge in [0, 0.05) is 0 Å². The number of halogens is 1. The van der Waals surface area contributed by atoms with Crippen molar-refractivity contribution in [2.75, 3.05) is 7.11 Å². The van der Waals surface area contributed by atoms with E-state index in [1.54, 1.807) is 0 Å². The summed E-state index contributed by atoms with van der Waals surface area (Å²) < 4.78 is 16.6. The molecule has 5 heteroatoms. The average molecular weight is 185 g/mol. The Labute approximate surface area is 74.0 Å². The predicted molar refractivity (Wildman–Crippen MR) is 41.2 cm³/mol. The van der Waals surface area contributed by atoms with Crippen LogP contribution in [0.25, 0.3) is 0 Å². The van der Waals surface area contributed by atoms with Gasteiger partial charge >= 0.3 is 5.97 Å². The number of aromatic nitrogens is 1. The van der Waals surface area contributed by atoms with Crippen LogP contribution in [0.5, 0.6) is 0 Å². The fourth-order valence-corrected chi connectivity index (χ4v) is 0.781.